The fourth-order valence-electron chi connectivity index (χ4n) is 3.74. The molecule has 1 aromatic rings. The van der Waals surface area contributed by atoms with Gasteiger partial charge in [-0.3, -0.25) is 0 Å². The maximum atomic E-state index is 2.45. The lowest BCUT2D eigenvalue weighted by Gasteiger charge is -2.43. The lowest BCUT2D eigenvalue weighted by molar-refractivity contribution is 0.143. The summed E-state index contributed by atoms with van der Waals surface area (Å²) in [5.41, 5.74) is 2.16. The number of hydrogen-bond acceptors (Lipinski definition) is 0. The predicted molar refractivity (Wildman–Crippen MR) is 86.6 cm³/mol. The molecule has 0 radical (unpaired) electrons. The van der Waals surface area contributed by atoms with Crippen LogP contribution in [0.1, 0.15) is 78.7 Å². The van der Waals surface area contributed by atoms with Crippen LogP contribution in [0.25, 0.3) is 0 Å². The van der Waals surface area contributed by atoms with Gasteiger partial charge in [-0.15, -0.1) is 0 Å². The number of unbranched alkanes of at least 4 members (excludes halogenated alkanes) is 2. The third-order valence-corrected chi connectivity index (χ3v) is 4.21. The van der Waals surface area contributed by atoms with Gasteiger partial charge in [0.25, 0.3) is 0 Å². The third kappa shape index (κ3) is 4.67. The molecule has 0 aromatic heterocycles. The van der Waals surface area contributed by atoms with Crippen molar-refractivity contribution in [3.8, 4) is 0 Å². The molecule has 0 fully saturated rings. The summed E-state index contributed by atoms with van der Waals surface area (Å²) < 4.78 is 0. The highest BCUT2D eigenvalue weighted by molar-refractivity contribution is 5.23. The number of hydrogen-bond donors (Lipinski definition) is 0. The van der Waals surface area contributed by atoms with E-state index in [2.05, 4.69) is 71.9 Å². The molecule has 0 saturated carbocycles. The van der Waals surface area contributed by atoms with Crippen molar-refractivity contribution in [1.29, 1.82) is 0 Å². The average molecular weight is 260 g/mol. The first-order chi connectivity index (χ1) is 8.79. The van der Waals surface area contributed by atoms with Gasteiger partial charge < -0.3 is 0 Å². The van der Waals surface area contributed by atoms with Crippen LogP contribution in [0.3, 0.4) is 0 Å². The molecule has 0 aliphatic rings. The van der Waals surface area contributed by atoms with Crippen molar-refractivity contribution < 1.29 is 0 Å². The molecule has 0 heterocycles. The first kappa shape index (κ1) is 16.3. The van der Waals surface area contributed by atoms with Gasteiger partial charge in [0.1, 0.15) is 0 Å². The second-order valence-corrected chi connectivity index (χ2v) is 7.66. The van der Waals surface area contributed by atoms with E-state index < -0.39 is 0 Å². The molecular weight excluding hydrogens is 228 g/mol. The van der Waals surface area contributed by atoms with Crippen molar-refractivity contribution in [2.75, 3.05) is 0 Å². The zero-order chi connectivity index (χ0) is 14.5. The van der Waals surface area contributed by atoms with Gasteiger partial charge in [-0.2, -0.15) is 0 Å². The van der Waals surface area contributed by atoms with Crippen LogP contribution in [0.2, 0.25) is 0 Å². The molecule has 0 N–H and O–H groups in total. The fraction of sp³-hybridized carbons (Fsp3) is 0.684. The van der Waals surface area contributed by atoms with E-state index in [0.29, 0.717) is 16.7 Å². The summed E-state index contributed by atoms with van der Waals surface area (Å²) in [7, 11) is 0. The summed E-state index contributed by atoms with van der Waals surface area (Å²) >= 11 is 0. The molecule has 19 heavy (non-hydrogen) atoms. The van der Waals surface area contributed by atoms with E-state index in [1.54, 1.807) is 0 Å². The summed E-state index contributed by atoms with van der Waals surface area (Å²) in [4.78, 5) is 0. The first-order valence-electron chi connectivity index (χ1n) is 7.84. The molecule has 0 heteroatoms. The highest BCUT2D eigenvalue weighted by Gasteiger charge is 2.38. The lowest BCUT2D eigenvalue weighted by Crippen LogP contribution is -2.32. The Hall–Kier alpha value is -0.780. The highest BCUT2D eigenvalue weighted by atomic mass is 14.4. The van der Waals surface area contributed by atoms with Crippen molar-refractivity contribution in [1.82, 2.24) is 0 Å². The molecule has 1 rings (SSSR count). The smallest absolute Gasteiger partial charge is 0.00619 e. The zero-order valence-electron chi connectivity index (χ0n) is 13.8. The SMILES string of the molecule is CCCCCC(C)(C)C(c1ccccc1)C(C)(C)C. The van der Waals surface area contributed by atoms with E-state index in [1.807, 2.05) is 0 Å². The number of benzene rings is 1. The van der Waals surface area contributed by atoms with Crippen LogP contribution >= 0.6 is 0 Å². The maximum Gasteiger partial charge on any atom is -0.00619 e. The summed E-state index contributed by atoms with van der Waals surface area (Å²) in [6.07, 6.45) is 5.33. The van der Waals surface area contributed by atoms with Crippen LogP contribution < -0.4 is 0 Å². The van der Waals surface area contributed by atoms with Gasteiger partial charge in [0, 0.05) is 0 Å². The van der Waals surface area contributed by atoms with Crippen molar-refractivity contribution in [3.05, 3.63) is 35.9 Å². The van der Waals surface area contributed by atoms with E-state index in [1.165, 1.54) is 31.2 Å². The summed E-state index contributed by atoms with van der Waals surface area (Å²) in [6, 6.07) is 11.1. The molecule has 0 aliphatic heterocycles. The largest absolute Gasteiger partial charge is 0.0654 e. The maximum absolute atomic E-state index is 2.45. The fourth-order valence-corrected chi connectivity index (χ4v) is 3.74. The predicted octanol–water partition coefficient (Wildman–Crippen LogP) is 6.42. The van der Waals surface area contributed by atoms with Crippen molar-refractivity contribution in [2.24, 2.45) is 10.8 Å². The number of rotatable bonds is 6. The molecule has 0 bridgehead atoms. The highest BCUT2D eigenvalue weighted by Crippen LogP contribution is 2.49. The monoisotopic (exact) mass is 260 g/mol. The van der Waals surface area contributed by atoms with Gasteiger partial charge >= 0.3 is 0 Å². The zero-order valence-corrected chi connectivity index (χ0v) is 13.8. The minimum absolute atomic E-state index is 0.303. The molecule has 0 spiro atoms. The van der Waals surface area contributed by atoms with Gasteiger partial charge in [0.2, 0.25) is 0 Å². The van der Waals surface area contributed by atoms with E-state index in [9.17, 15) is 0 Å². The Morgan fingerprint density at radius 2 is 1.47 bits per heavy atom. The molecule has 1 unspecified atom stereocenters. The second-order valence-electron chi connectivity index (χ2n) is 7.66. The minimum Gasteiger partial charge on any atom is -0.0654 e. The molecule has 1 aromatic carbocycles. The summed E-state index contributed by atoms with van der Waals surface area (Å²) in [5, 5.41) is 0. The van der Waals surface area contributed by atoms with Gasteiger partial charge in [-0.05, 0) is 28.7 Å². The Morgan fingerprint density at radius 1 is 0.895 bits per heavy atom. The quantitative estimate of drug-likeness (QED) is 0.517. The Kier molecular flexibility index (Phi) is 5.64. The average Bonchev–Trinajstić information content (AvgIpc) is 2.28. The van der Waals surface area contributed by atoms with Crippen LogP contribution in [0.5, 0.6) is 0 Å². The van der Waals surface area contributed by atoms with Crippen molar-refractivity contribution >= 4 is 0 Å². The molecule has 1 atom stereocenters. The minimum atomic E-state index is 0.303. The molecule has 0 amide bonds. The second kappa shape index (κ2) is 6.59. The topological polar surface area (TPSA) is 0 Å². The normalized spacial score (nSPS) is 14.4. The summed E-state index contributed by atoms with van der Waals surface area (Å²) in [6.45, 7) is 14.3. The van der Waals surface area contributed by atoms with Crippen LogP contribution in [-0.4, -0.2) is 0 Å². The van der Waals surface area contributed by atoms with Crippen LogP contribution in [-0.2, 0) is 0 Å². The van der Waals surface area contributed by atoms with E-state index in [0.717, 1.165) is 0 Å². The van der Waals surface area contributed by atoms with E-state index in [-0.39, 0.29) is 0 Å². The molecule has 0 nitrogen and oxygen atoms in total. The Balaban J connectivity index is 2.98. The Bertz CT molecular complexity index is 353. The van der Waals surface area contributed by atoms with Crippen molar-refractivity contribution in [3.63, 3.8) is 0 Å². The van der Waals surface area contributed by atoms with Gasteiger partial charge in [0.05, 0.1) is 0 Å². The van der Waals surface area contributed by atoms with E-state index in [4.69, 9.17) is 0 Å². The molecule has 0 aliphatic carbocycles. The first-order valence-corrected chi connectivity index (χ1v) is 7.84. The van der Waals surface area contributed by atoms with Gasteiger partial charge in [-0.25, -0.2) is 0 Å². The van der Waals surface area contributed by atoms with Crippen LogP contribution in [0.4, 0.5) is 0 Å². The standard InChI is InChI=1S/C19H32/c1-7-8-12-15-19(5,6)17(18(2,3)4)16-13-10-9-11-14-16/h9-11,13-14,17H,7-8,12,15H2,1-6H3. The molecule has 108 valence electrons. The van der Waals surface area contributed by atoms with Crippen molar-refractivity contribution in [2.45, 2.75) is 73.1 Å². The van der Waals surface area contributed by atoms with Crippen LogP contribution in [0, 0.1) is 10.8 Å². The third-order valence-electron chi connectivity index (χ3n) is 4.21. The van der Waals surface area contributed by atoms with Gasteiger partial charge in [0.15, 0.2) is 0 Å². The summed E-state index contributed by atoms with van der Waals surface area (Å²) in [5.74, 6) is 0.609. The Labute approximate surface area is 120 Å². The Morgan fingerprint density at radius 3 is 1.95 bits per heavy atom. The van der Waals surface area contributed by atoms with Gasteiger partial charge in [-0.1, -0.05) is 91.1 Å². The molecule has 0 saturated heterocycles. The van der Waals surface area contributed by atoms with Crippen LogP contribution in [0.15, 0.2) is 30.3 Å². The molecular formula is C19H32. The lowest BCUT2D eigenvalue weighted by atomic mass is 9.61. The van der Waals surface area contributed by atoms with E-state index >= 15 is 0 Å².